The minimum atomic E-state index is -0.697. The molecule has 0 aromatic carbocycles. The number of esters is 1. The minimum Gasteiger partial charge on any atom is -0.469 e. The summed E-state index contributed by atoms with van der Waals surface area (Å²) in [5.74, 6) is 2.25. The Balaban J connectivity index is 2.22. The van der Waals surface area contributed by atoms with Gasteiger partial charge in [0.05, 0.1) is 18.3 Å². The summed E-state index contributed by atoms with van der Waals surface area (Å²) in [4.78, 5) is 23.4. The van der Waals surface area contributed by atoms with Gasteiger partial charge in [0.15, 0.2) is 0 Å². The number of rotatable bonds is 7. The van der Waals surface area contributed by atoms with Gasteiger partial charge in [0.2, 0.25) is 0 Å². The van der Waals surface area contributed by atoms with Gasteiger partial charge in [0, 0.05) is 6.42 Å². The van der Waals surface area contributed by atoms with E-state index in [0.29, 0.717) is 5.75 Å². The van der Waals surface area contributed by atoms with Crippen molar-refractivity contribution in [2.24, 2.45) is 11.3 Å². The molecule has 0 bridgehead atoms. The second-order valence-corrected chi connectivity index (χ2v) is 7.14. The van der Waals surface area contributed by atoms with Crippen molar-refractivity contribution < 1.29 is 14.3 Å². The van der Waals surface area contributed by atoms with Crippen LogP contribution >= 0.6 is 11.8 Å². The summed E-state index contributed by atoms with van der Waals surface area (Å²) >= 11 is 1.73. The molecule has 1 saturated carbocycles. The second kappa shape index (κ2) is 7.93. The lowest BCUT2D eigenvalue weighted by Crippen LogP contribution is -2.29. The highest BCUT2D eigenvalue weighted by molar-refractivity contribution is 7.99. The van der Waals surface area contributed by atoms with Crippen molar-refractivity contribution in [3.05, 3.63) is 0 Å². The van der Waals surface area contributed by atoms with Crippen LogP contribution < -0.4 is 0 Å². The maximum absolute atomic E-state index is 11.9. The molecular weight excluding hydrogens is 260 g/mol. The zero-order chi connectivity index (χ0) is 14.3. The first-order valence-corrected chi connectivity index (χ1v) is 8.29. The monoisotopic (exact) mass is 286 g/mol. The van der Waals surface area contributed by atoms with Crippen molar-refractivity contribution in [1.29, 1.82) is 0 Å². The molecule has 1 fully saturated rings. The minimum absolute atomic E-state index is 0.149. The summed E-state index contributed by atoms with van der Waals surface area (Å²) in [6.45, 7) is 3.53. The van der Waals surface area contributed by atoms with E-state index in [0.717, 1.165) is 11.7 Å². The van der Waals surface area contributed by atoms with E-state index in [1.807, 2.05) is 0 Å². The highest BCUT2D eigenvalue weighted by Gasteiger charge is 2.31. The molecule has 0 aliphatic heterocycles. The quantitative estimate of drug-likeness (QED) is 0.672. The predicted octanol–water partition coefficient (Wildman–Crippen LogP) is 3.46. The van der Waals surface area contributed by atoms with Crippen LogP contribution in [-0.4, -0.2) is 30.4 Å². The first kappa shape index (κ1) is 16.5. The molecular formula is C15H26O3S. The fourth-order valence-electron chi connectivity index (χ4n) is 2.59. The van der Waals surface area contributed by atoms with Crippen molar-refractivity contribution in [3.63, 3.8) is 0 Å². The van der Waals surface area contributed by atoms with Gasteiger partial charge in [-0.15, -0.1) is 0 Å². The standard InChI is InChI=1S/C15H26O3S/c1-15(2,14(17)18-3)9-13(16)11-19-10-12-7-5-4-6-8-12/h12H,4-11H2,1-3H3. The third kappa shape index (κ3) is 5.98. The number of thioether (sulfide) groups is 1. The Kier molecular flexibility index (Phi) is 6.90. The molecule has 0 unspecified atom stereocenters. The predicted molar refractivity (Wildman–Crippen MR) is 79.3 cm³/mol. The molecule has 3 nitrogen and oxygen atoms in total. The van der Waals surface area contributed by atoms with Crippen molar-refractivity contribution >= 4 is 23.5 Å². The van der Waals surface area contributed by atoms with Gasteiger partial charge in [0.1, 0.15) is 5.78 Å². The molecule has 0 atom stereocenters. The van der Waals surface area contributed by atoms with E-state index in [2.05, 4.69) is 0 Å². The lowest BCUT2D eigenvalue weighted by molar-refractivity contribution is -0.152. The Labute approximate surface area is 120 Å². The molecule has 0 amide bonds. The maximum Gasteiger partial charge on any atom is 0.311 e. The molecule has 1 aliphatic rings. The molecule has 0 aromatic rings. The van der Waals surface area contributed by atoms with Crippen LogP contribution in [0.1, 0.15) is 52.4 Å². The molecule has 1 rings (SSSR count). The van der Waals surface area contributed by atoms with Crippen LogP contribution in [0.15, 0.2) is 0 Å². The molecule has 110 valence electrons. The Morgan fingerprint density at radius 2 is 1.84 bits per heavy atom. The van der Waals surface area contributed by atoms with E-state index >= 15 is 0 Å². The summed E-state index contributed by atoms with van der Waals surface area (Å²) in [5.41, 5.74) is -0.697. The number of carbonyl (C=O) groups excluding carboxylic acids is 2. The van der Waals surface area contributed by atoms with E-state index in [-0.39, 0.29) is 18.2 Å². The van der Waals surface area contributed by atoms with Crippen LogP contribution in [-0.2, 0) is 14.3 Å². The summed E-state index contributed by atoms with van der Waals surface area (Å²) < 4.78 is 4.72. The van der Waals surface area contributed by atoms with Gasteiger partial charge in [-0.1, -0.05) is 19.3 Å². The summed E-state index contributed by atoms with van der Waals surface area (Å²) in [5, 5.41) is 0. The smallest absolute Gasteiger partial charge is 0.311 e. The number of ether oxygens (including phenoxy) is 1. The molecule has 0 saturated heterocycles. The largest absolute Gasteiger partial charge is 0.469 e. The summed E-state index contributed by atoms with van der Waals surface area (Å²) in [6, 6.07) is 0. The normalized spacial score (nSPS) is 17.2. The third-order valence-electron chi connectivity index (χ3n) is 3.72. The van der Waals surface area contributed by atoms with Crippen molar-refractivity contribution in [1.82, 2.24) is 0 Å². The fraction of sp³-hybridized carbons (Fsp3) is 0.867. The Morgan fingerprint density at radius 3 is 2.42 bits per heavy atom. The van der Waals surface area contributed by atoms with Crippen LogP contribution in [0.2, 0.25) is 0 Å². The van der Waals surface area contributed by atoms with Gasteiger partial charge in [-0.05, 0) is 38.4 Å². The molecule has 4 heteroatoms. The van der Waals surface area contributed by atoms with E-state index in [1.165, 1.54) is 39.2 Å². The topological polar surface area (TPSA) is 43.4 Å². The SMILES string of the molecule is COC(=O)C(C)(C)CC(=O)CSCC1CCCCC1. The van der Waals surface area contributed by atoms with Crippen molar-refractivity contribution in [3.8, 4) is 0 Å². The zero-order valence-corrected chi connectivity index (χ0v) is 13.2. The molecule has 0 radical (unpaired) electrons. The number of hydrogen-bond acceptors (Lipinski definition) is 4. The lowest BCUT2D eigenvalue weighted by Gasteiger charge is -2.22. The maximum atomic E-state index is 11.9. The second-order valence-electron chi connectivity index (χ2n) is 6.11. The van der Waals surface area contributed by atoms with Crippen LogP contribution in [0.5, 0.6) is 0 Å². The summed E-state index contributed by atoms with van der Waals surface area (Å²) in [7, 11) is 1.37. The molecule has 1 aliphatic carbocycles. The van der Waals surface area contributed by atoms with Crippen LogP contribution in [0, 0.1) is 11.3 Å². The molecule has 0 aromatic heterocycles. The molecule has 19 heavy (non-hydrogen) atoms. The molecule has 0 N–H and O–H groups in total. The zero-order valence-electron chi connectivity index (χ0n) is 12.4. The first-order chi connectivity index (χ1) is 8.95. The van der Waals surface area contributed by atoms with Gasteiger partial charge >= 0.3 is 5.97 Å². The number of methoxy groups -OCH3 is 1. The molecule has 0 heterocycles. The summed E-state index contributed by atoms with van der Waals surface area (Å²) in [6.07, 6.45) is 6.96. The highest BCUT2D eigenvalue weighted by atomic mass is 32.2. The fourth-order valence-corrected chi connectivity index (χ4v) is 3.70. The van der Waals surface area contributed by atoms with Crippen LogP contribution in [0.25, 0.3) is 0 Å². The van der Waals surface area contributed by atoms with Crippen molar-refractivity contribution in [2.75, 3.05) is 18.6 Å². The van der Waals surface area contributed by atoms with Crippen LogP contribution in [0.3, 0.4) is 0 Å². The number of hydrogen-bond donors (Lipinski definition) is 0. The average molecular weight is 286 g/mol. The number of Topliss-reactive ketones (excluding diaryl/α,β-unsaturated/α-hetero) is 1. The highest BCUT2D eigenvalue weighted by Crippen LogP contribution is 2.28. The van der Waals surface area contributed by atoms with Gasteiger partial charge in [-0.25, -0.2) is 0 Å². The van der Waals surface area contributed by atoms with Crippen molar-refractivity contribution in [2.45, 2.75) is 52.4 Å². The first-order valence-electron chi connectivity index (χ1n) is 7.13. The van der Waals surface area contributed by atoms with Gasteiger partial charge < -0.3 is 4.74 Å². The Bertz CT molecular complexity index is 307. The van der Waals surface area contributed by atoms with Crippen LogP contribution in [0.4, 0.5) is 0 Å². The third-order valence-corrected chi connectivity index (χ3v) is 4.95. The average Bonchev–Trinajstić information content (AvgIpc) is 2.38. The van der Waals surface area contributed by atoms with Gasteiger partial charge in [-0.3, -0.25) is 9.59 Å². The van der Waals surface area contributed by atoms with Gasteiger partial charge in [-0.2, -0.15) is 11.8 Å². The van der Waals surface area contributed by atoms with Gasteiger partial charge in [0.25, 0.3) is 0 Å². The van der Waals surface area contributed by atoms with E-state index in [1.54, 1.807) is 25.6 Å². The molecule has 0 spiro atoms. The van der Waals surface area contributed by atoms with E-state index in [9.17, 15) is 9.59 Å². The van der Waals surface area contributed by atoms with E-state index < -0.39 is 5.41 Å². The lowest BCUT2D eigenvalue weighted by atomic mass is 9.88. The Hall–Kier alpha value is -0.510. The Morgan fingerprint density at radius 1 is 1.21 bits per heavy atom. The number of carbonyl (C=O) groups is 2. The number of ketones is 1. The van der Waals surface area contributed by atoms with E-state index in [4.69, 9.17) is 4.74 Å².